The SMILES string of the molecule is COCCC(C)n1nnc(CO)c1C1CCC1. The zero-order valence-electron chi connectivity index (χ0n) is 10.6. The molecule has 0 saturated heterocycles. The van der Waals surface area contributed by atoms with Gasteiger partial charge in [0.1, 0.15) is 5.69 Å². The summed E-state index contributed by atoms with van der Waals surface area (Å²) in [6.07, 6.45) is 4.58. The van der Waals surface area contributed by atoms with E-state index < -0.39 is 0 Å². The second kappa shape index (κ2) is 5.60. The van der Waals surface area contributed by atoms with Gasteiger partial charge in [-0.1, -0.05) is 11.6 Å². The van der Waals surface area contributed by atoms with Crippen LogP contribution in [0.2, 0.25) is 0 Å². The van der Waals surface area contributed by atoms with Gasteiger partial charge in [0, 0.05) is 19.6 Å². The molecule has 1 heterocycles. The normalized spacial score (nSPS) is 18.1. The molecule has 1 aromatic rings. The van der Waals surface area contributed by atoms with E-state index >= 15 is 0 Å². The number of nitrogens with zero attached hydrogens (tertiary/aromatic N) is 3. The van der Waals surface area contributed by atoms with Crippen molar-refractivity contribution in [3.63, 3.8) is 0 Å². The average Bonchev–Trinajstić information content (AvgIpc) is 2.67. The van der Waals surface area contributed by atoms with E-state index in [1.54, 1.807) is 7.11 Å². The lowest BCUT2D eigenvalue weighted by Crippen LogP contribution is -2.20. The first-order valence-electron chi connectivity index (χ1n) is 6.31. The Hall–Kier alpha value is -0.940. The zero-order valence-corrected chi connectivity index (χ0v) is 10.6. The van der Waals surface area contributed by atoms with Crippen LogP contribution in [0.1, 0.15) is 56.0 Å². The quantitative estimate of drug-likeness (QED) is 0.819. The fourth-order valence-corrected chi connectivity index (χ4v) is 2.29. The molecular formula is C12H21N3O2. The van der Waals surface area contributed by atoms with Crippen LogP contribution in [-0.2, 0) is 11.3 Å². The molecule has 1 N–H and O–H groups in total. The van der Waals surface area contributed by atoms with Gasteiger partial charge in [0.05, 0.1) is 18.3 Å². The maximum Gasteiger partial charge on any atom is 0.112 e. The Morgan fingerprint density at radius 2 is 2.29 bits per heavy atom. The Labute approximate surface area is 102 Å². The molecule has 1 atom stereocenters. The van der Waals surface area contributed by atoms with Crippen molar-refractivity contribution in [3.8, 4) is 0 Å². The molecule has 0 spiro atoms. The molecule has 96 valence electrons. The summed E-state index contributed by atoms with van der Waals surface area (Å²) in [6, 6.07) is 0.276. The molecular weight excluding hydrogens is 218 g/mol. The van der Waals surface area contributed by atoms with Crippen LogP contribution >= 0.6 is 0 Å². The average molecular weight is 239 g/mol. The van der Waals surface area contributed by atoms with Crippen LogP contribution in [0.15, 0.2) is 0 Å². The van der Waals surface area contributed by atoms with Crippen molar-refractivity contribution in [1.82, 2.24) is 15.0 Å². The number of aliphatic hydroxyl groups excluding tert-OH is 1. The van der Waals surface area contributed by atoms with Gasteiger partial charge in [0.25, 0.3) is 0 Å². The smallest absolute Gasteiger partial charge is 0.112 e. The van der Waals surface area contributed by atoms with Crippen LogP contribution in [0.25, 0.3) is 0 Å². The van der Waals surface area contributed by atoms with Crippen LogP contribution in [-0.4, -0.2) is 33.8 Å². The lowest BCUT2D eigenvalue weighted by molar-refractivity contribution is 0.176. The molecule has 1 unspecified atom stereocenters. The fourth-order valence-electron chi connectivity index (χ4n) is 2.29. The molecule has 0 aliphatic heterocycles. The molecule has 0 amide bonds. The molecule has 1 aliphatic carbocycles. The first-order chi connectivity index (χ1) is 8.27. The van der Waals surface area contributed by atoms with Gasteiger partial charge >= 0.3 is 0 Å². The highest BCUT2D eigenvalue weighted by Crippen LogP contribution is 2.38. The number of hydrogen-bond donors (Lipinski definition) is 1. The van der Waals surface area contributed by atoms with Crippen molar-refractivity contribution in [1.29, 1.82) is 0 Å². The topological polar surface area (TPSA) is 60.2 Å². The Bertz CT molecular complexity index is 361. The molecule has 0 aromatic carbocycles. The second-order valence-electron chi connectivity index (χ2n) is 4.78. The second-order valence-corrected chi connectivity index (χ2v) is 4.78. The fraction of sp³-hybridized carbons (Fsp3) is 0.833. The van der Waals surface area contributed by atoms with Crippen LogP contribution < -0.4 is 0 Å². The minimum atomic E-state index is -0.0111. The van der Waals surface area contributed by atoms with Crippen molar-refractivity contribution in [2.45, 2.75) is 51.2 Å². The molecule has 1 aliphatic rings. The number of aromatic nitrogens is 3. The lowest BCUT2D eigenvalue weighted by atomic mass is 9.82. The Balaban J connectivity index is 2.17. The predicted octanol–water partition coefficient (Wildman–Crippen LogP) is 1.64. The zero-order chi connectivity index (χ0) is 12.3. The third kappa shape index (κ3) is 2.50. The summed E-state index contributed by atoms with van der Waals surface area (Å²) in [4.78, 5) is 0. The molecule has 1 fully saturated rings. The Morgan fingerprint density at radius 3 is 2.82 bits per heavy atom. The number of methoxy groups -OCH3 is 1. The summed E-state index contributed by atoms with van der Waals surface area (Å²) in [5.41, 5.74) is 1.89. The van der Waals surface area contributed by atoms with Crippen LogP contribution in [0.3, 0.4) is 0 Å². The van der Waals surface area contributed by atoms with E-state index in [1.807, 2.05) is 4.68 Å². The molecule has 1 saturated carbocycles. The van der Waals surface area contributed by atoms with Gasteiger partial charge in [-0.25, -0.2) is 4.68 Å². The van der Waals surface area contributed by atoms with Crippen molar-refractivity contribution in [2.75, 3.05) is 13.7 Å². The summed E-state index contributed by atoms with van der Waals surface area (Å²) >= 11 is 0. The number of rotatable bonds is 6. The first-order valence-corrected chi connectivity index (χ1v) is 6.31. The maximum atomic E-state index is 9.32. The predicted molar refractivity (Wildman–Crippen MR) is 63.7 cm³/mol. The van der Waals surface area contributed by atoms with Gasteiger partial charge in [-0.3, -0.25) is 0 Å². The Kier molecular flexibility index (Phi) is 4.12. The number of aliphatic hydroxyl groups is 1. The van der Waals surface area contributed by atoms with Crippen molar-refractivity contribution < 1.29 is 9.84 Å². The van der Waals surface area contributed by atoms with E-state index in [1.165, 1.54) is 19.3 Å². The molecule has 17 heavy (non-hydrogen) atoms. The summed E-state index contributed by atoms with van der Waals surface area (Å²) in [5.74, 6) is 0.539. The van der Waals surface area contributed by atoms with Crippen molar-refractivity contribution in [2.24, 2.45) is 0 Å². The van der Waals surface area contributed by atoms with E-state index in [0.29, 0.717) is 5.92 Å². The van der Waals surface area contributed by atoms with Crippen molar-refractivity contribution in [3.05, 3.63) is 11.4 Å². The molecule has 5 heteroatoms. The molecule has 1 aromatic heterocycles. The van der Waals surface area contributed by atoms with E-state index in [-0.39, 0.29) is 12.6 Å². The highest BCUT2D eigenvalue weighted by atomic mass is 16.5. The van der Waals surface area contributed by atoms with Crippen LogP contribution in [0, 0.1) is 0 Å². The lowest BCUT2D eigenvalue weighted by Gasteiger charge is -2.28. The molecule has 0 bridgehead atoms. The molecule has 5 nitrogen and oxygen atoms in total. The van der Waals surface area contributed by atoms with Gasteiger partial charge < -0.3 is 9.84 Å². The van der Waals surface area contributed by atoms with E-state index in [0.717, 1.165) is 24.4 Å². The first kappa shape index (κ1) is 12.5. The summed E-state index contributed by atoms with van der Waals surface area (Å²) in [6.45, 7) is 2.83. The number of ether oxygens (including phenoxy) is 1. The summed E-state index contributed by atoms with van der Waals surface area (Å²) < 4.78 is 7.08. The van der Waals surface area contributed by atoms with Gasteiger partial charge in [-0.15, -0.1) is 5.10 Å². The standard InChI is InChI=1S/C12H21N3O2/c1-9(6-7-17-2)15-12(10-4-3-5-10)11(8-16)13-14-15/h9-10,16H,3-8H2,1-2H3. The van der Waals surface area contributed by atoms with Crippen LogP contribution in [0.5, 0.6) is 0 Å². The van der Waals surface area contributed by atoms with E-state index in [4.69, 9.17) is 4.74 Å². The van der Waals surface area contributed by atoms with Crippen molar-refractivity contribution >= 4 is 0 Å². The van der Waals surface area contributed by atoms with Gasteiger partial charge in [-0.05, 0) is 26.2 Å². The highest BCUT2D eigenvalue weighted by Gasteiger charge is 2.28. The third-order valence-corrected chi connectivity index (χ3v) is 3.60. The Morgan fingerprint density at radius 1 is 1.53 bits per heavy atom. The van der Waals surface area contributed by atoms with Gasteiger partial charge in [-0.2, -0.15) is 0 Å². The van der Waals surface area contributed by atoms with E-state index in [2.05, 4.69) is 17.2 Å². The minimum absolute atomic E-state index is 0.0111. The largest absolute Gasteiger partial charge is 0.390 e. The van der Waals surface area contributed by atoms with E-state index in [9.17, 15) is 5.11 Å². The molecule has 0 radical (unpaired) electrons. The van der Waals surface area contributed by atoms with Gasteiger partial charge in [0.2, 0.25) is 0 Å². The number of hydrogen-bond acceptors (Lipinski definition) is 4. The highest BCUT2D eigenvalue weighted by molar-refractivity contribution is 5.18. The maximum absolute atomic E-state index is 9.32. The molecule has 2 rings (SSSR count). The monoisotopic (exact) mass is 239 g/mol. The van der Waals surface area contributed by atoms with Crippen LogP contribution in [0.4, 0.5) is 0 Å². The minimum Gasteiger partial charge on any atom is -0.390 e. The van der Waals surface area contributed by atoms with Gasteiger partial charge in [0.15, 0.2) is 0 Å². The summed E-state index contributed by atoms with van der Waals surface area (Å²) in [5, 5.41) is 17.6. The summed E-state index contributed by atoms with van der Waals surface area (Å²) in [7, 11) is 1.71. The third-order valence-electron chi connectivity index (χ3n) is 3.60.